The topological polar surface area (TPSA) is 51.2 Å². The van der Waals surface area contributed by atoms with Crippen molar-refractivity contribution in [1.29, 1.82) is 0 Å². The van der Waals surface area contributed by atoms with Gasteiger partial charge in [-0.05, 0) is 43.3 Å². The molecule has 2 aromatic carbocycles. The van der Waals surface area contributed by atoms with E-state index in [1.807, 2.05) is 36.6 Å². The van der Waals surface area contributed by atoms with Crippen LogP contribution in [-0.4, -0.2) is 17.5 Å². The van der Waals surface area contributed by atoms with Gasteiger partial charge in [0.05, 0.1) is 22.9 Å². The van der Waals surface area contributed by atoms with Crippen LogP contribution < -0.4 is 10.1 Å². The first-order valence-electron chi connectivity index (χ1n) is 7.42. The number of carbonyl (C=O) groups excluding carboxylic acids is 1. The zero-order valence-electron chi connectivity index (χ0n) is 13.0. The summed E-state index contributed by atoms with van der Waals surface area (Å²) in [5.41, 5.74) is 2.20. The number of carbonyl (C=O) groups is 1. The number of hydrogen-bond acceptors (Lipinski definition) is 4. The van der Waals surface area contributed by atoms with Gasteiger partial charge in [-0.2, -0.15) is 0 Å². The lowest BCUT2D eigenvalue weighted by Crippen LogP contribution is -2.12. The monoisotopic (exact) mass is 358 g/mol. The maximum Gasteiger partial charge on any atom is 0.258 e. The fourth-order valence-electron chi connectivity index (χ4n) is 2.16. The second-order valence-corrected chi connectivity index (χ2v) is 6.19. The summed E-state index contributed by atoms with van der Waals surface area (Å²) in [5.74, 6) is 0.553. The first-order valence-corrected chi connectivity index (χ1v) is 8.68. The van der Waals surface area contributed by atoms with Crippen molar-refractivity contribution in [3.05, 3.63) is 64.5 Å². The molecule has 24 heavy (non-hydrogen) atoms. The molecule has 0 unspecified atom stereocenters. The Bertz CT molecular complexity index is 846. The van der Waals surface area contributed by atoms with Crippen LogP contribution in [0, 0.1) is 0 Å². The Hall–Kier alpha value is -2.37. The van der Waals surface area contributed by atoms with Gasteiger partial charge in [0, 0.05) is 10.9 Å². The van der Waals surface area contributed by atoms with Crippen LogP contribution in [0.1, 0.15) is 17.3 Å². The second-order valence-electron chi connectivity index (χ2n) is 4.93. The van der Waals surface area contributed by atoms with Crippen molar-refractivity contribution < 1.29 is 9.53 Å². The molecule has 1 heterocycles. The van der Waals surface area contributed by atoms with Gasteiger partial charge in [0.15, 0.2) is 5.13 Å². The number of rotatable bonds is 5. The minimum Gasteiger partial charge on any atom is -0.494 e. The van der Waals surface area contributed by atoms with Crippen LogP contribution in [0.5, 0.6) is 5.75 Å². The summed E-state index contributed by atoms with van der Waals surface area (Å²) in [6, 6.07) is 14.6. The van der Waals surface area contributed by atoms with Crippen molar-refractivity contribution >= 4 is 34.0 Å². The van der Waals surface area contributed by atoms with E-state index in [-0.39, 0.29) is 5.91 Å². The molecular weight excluding hydrogens is 344 g/mol. The number of aromatic nitrogens is 1. The molecule has 0 saturated heterocycles. The number of anilines is 1. The first kappa shape index (κ1) is 16.5. The Balaban J connectivity index is 1.73. The highest BCUT2D eigenvalue weighted by Gasteiger charge is 2.12. The highest BCUT2D eigenvalue weighted by molar-refractivity contribution is 7.14. The quantitative estimate of drug-likeness (QED) is 0.689. The fraction of sp³-hybridized carbons (Fsp3) is 0.111. The Labute approximate surface area is 149 Å². The first-order chi connectivity index (χ1) is 11.7. The predicted molar refractivity (Wildman–Crippen MR) is 98.1 cm³/mol. The van der Waals surface area contributed by atoms with E-state index in [1.54, 1.807) is 24.3 Å². The van der Waals surface area contributed by atoms with E-state index in [1.165, 1.54) is 11.3 Å². The molecule has 6 heteroatoms. The van der Waals surface area contributed by atoms with Gasteiger partial charge in [-0.25, -0.2) is 4.98 Å². The van der Waals surface area contributed by atoms with Gasteiger partial charge < -0.3 is 4.74 Å². The highest BCUT2D eigenvalue weighted by Crippen LogP contribution is 2.27. The van der Waals surface area contributed by atoms with Crippen LogP contribution in [0.4, 0.5) is 5.13 Å². The van der Waals surface area contributed by atoms with E-state index in [0.717, 1.165) is 17.0 Å². The van der Waals surface area contributed by atoms with Crippen LogP contribution in [0.25, 0.3) is 11.3 Å². The average molecular weight is 359 g/mol. The Kier molecular flexibility index (Phi) is 5.13. The van der Waals surface area contributed by atoms with Crippen molar-refractivity contribution in [2.75, 3.05) is 11.9 Å². The molecule has 4 nitrogen and oxygen atoms in total. The number of hydrogen-bond donors (Lipinski definition) is 1. The molecule has 0 aliphatic rings. The van der Waals surface area contributed by atoms with Crippen LogP contribution >= 0.6 is 22.9 Å². The standard InChI is InChI=1S/C18H15ClN2O2S/c1-2-23-13-9-7-12(8-10-13)16-11-24-18(20-16)21-17(22)14-5-3-4-6-15(14)19/h3-11H,2H2,1H3,(H,20,21,22). The summed E-state index contributed by atoms with van der Waals surface area (Å²) in [6.45, 7) is 2.58. The lowest BCUT2D eigenvalue weighted by molar-refractivity contribution is 0.102. The Morgan fingerprint density at radius 2 is 1.96 bits per heavy atom. The van der Waals surface area contributed by atoms with Crippen molar-refractivity contribution in [2.24, 2.45) is 0 Å². The molecule has 0 aliphatic heterocycles. The lowest BCUT2D eigenvalue weighted by atomic mass is 10.2. The van der Waals surface area contributed by atoms with E-state index in [4.69, 9.17) is 16.3 Å². The number of ether oxygens (including phenoxy) is 1. The van der Waals surface area contributed by atoms with Crippen LogP contribution in [-0.2, 0) is 0 Å². The molecule has 122 valence electrons. The average Bonchev–Trinajstić information content (AvgIpc) is 3.04. The minimum atomic E-state index is -0.270. The maximum absolute atomic E-state index is 12.3. The van der Waals surface area contributed by atoms with Gasteiger partial charge >= 0.3 is 0 Å². The molecule has 0 saturated carbocycles. The van der Waals surface area contributed by atoms with Crippen molar-refractivity contribution in [3.63, 3.8) is 0 Å². The molecule has 0 bridgehead atoms. The van der Waals surface area contributed by atoms with E-state index in [0.29, 0.717) is 22.3 Å². The zero-order valence-corrected chi connectivity index (χ0v) is 14.5. The Morgan fingerprint density at radius 1 is 1.21 bits per heavy atom. The van der Waals surface area contributed by atoms with Gasteiger partial charge in [-0.15, -0.1) is 11.3 Å². The molecule has 3 rings (SSSR count). The summed E-state index contributed by atoms with van der Waals surface area (Å²) in [5, 5.41) is 5.63. The van der Waals surface area contributed by atoms with Gasteiger partial charge in [0.2, 0.25) is 0 Å². The second kappa shape index (κ2) is 7.47. The fourth-order valence-corrected chi connectivity index (χ4v) is 3.10. The summed E-state index contributed by atoms with van der Waals surface area (Å²) < 4.78 is 5.43. The van der Waals surface area contributed by atoms with Crippen LogP contribution in [0.2, 0.25) is 5.02 Å². The van der Waals surface area contributed by atoms with E-state index in [2.05, 4.69) is 10.3 Å². The van der Waals surface area contributed by atoms with Gasteiger partial charge in [-0.3, -0.25) is 10.1 Å². The molecular formula is C18H15ClN2O2S. The van der Waals surface area contributed by atoms with Crippen LogP contribution in [0.3, 0.4) is 0 Å². The Morgan fingerprint density at radius 3 is 2.67 bits per heavy atom. The third-order valence-corrected chi connectivity index (χ3v) is 4.39. The molecule has 1 aromatic heterocycles. The number of thiazole rings is 1. The van der Waals surface area contributed by atoms with Gasteiger partial charge in [0.25, 0.3) is 5.91 Å². The predicted octanol–water partition coefficient (Wildman–Crippen LogP) is 5.11. The third kappa shape index (κ3) is 3.75. The molecule has 3 aromatic rings. The molecule has 0 radical (unpaired) electrons. The van der Waals surface area contributed by atoms with Crippen molar-refractivity contribution in [2.45, 2.75) is 6.92 Å². The number of benzene rings is 2. The van der Waals surface area contributed by atoms with Crippen molar-refractivity contribution in [3.8, 4) is 17.0 Å². The summed E-state index contributed by atoms with van der Waals surface area (Å²) in [6.07, 6.45) is 0. The van der Waals surface area contributed by atoms with E-state index >= 15 is 0 Å². The molecule has 0 atom stereocenters. The molecule has 1 amide bonds. The number of amides is 1. The number of nitrogens with zero attached hydrogens (tertiary/aromatic N) is 1. The largest absolute Gasteiger partial charge is 0.494 e. The zero-order chi connectivity index (χ0) is 16.9. The SMILES string of the molecule is CCOc1ccc(-c2csc(NC(=O)c3ccccc3Cl)n2)cc1. The molecule has 0 aliphatic carbocycles. The summed E-state index contributed by atoms with van der Waals surface area (Å²) >= 11 is 7.41. The van der Waals surface area contributed by atoms with Crippen LogP contribution in [0.15, 0.2) is 53.9 Å². The minimum absolute atomic E-state index is 0.270. The molecule has 0 spiro atoms. The van der Waals surface area contributed by atoms with E-state index in [9.17, 15) is 4.79 Å². The number of nitrogens with one attached hydrogen (secondary N) is 1. The maximum atomic E-state index is 12.3. The van der Waals surface area contributed by atoms with Gasteiger partial charge in [0.1, 0.15) is 5.75 Å². The summed E-state index contributed by atoms with van der Waals surface area (Å²) in [7, 11) is 0. The smallest absolute Gasteiger partial charge is 0.258 e. The van der Waals surface area contributed by atoms with Gasteiger partial charge in [-0.1, -0.05) is 23.7 Å². The van der Waals surface area contributed by atoms with Crippen molar-refractivity contribution in [1.82, 2.24) is 4.98 Å². The molecule has 1 N–H and O–H groups in total. The lowest BCUT2D eigenvalue weighted by Gasteiger charge is -2.04. The number of halogens is 1. The van der Waals surface area contributed by atoms with E-state index < -0.39 is 0 Å². The highest BCUT2D eigenvalue weighted by atomic mass is 35.5. The third-order valence-electron chi connectivity index (χ3n) is 3.30. The normalized spacial score (nSPS) is 10.4. The molecule has 0 fully saturated rings. The summed E-state index contributed by atoms with van der Waals surface area (Å²) in [4.78, 5) is 16.7.